The molecule has 1 N–H and O–H groups in total. The summed E-state index contributed by atoms with van der Waals surface area (Å²) in [7, 11) is 0. The van der Waals surface area contributed by atoms with Gasteiger partial charge in [-0.15, -0.1) is 5.10 Å². The molecule has 0 radical (unpaired) electrons. The Labute approximate surface area is 98.8 Å². The number of nitrogens with zero attached hydrogens (tertiary/aromatic N) is 4. The molecule has 1 aliphatic rings. The Morgan fingerprint density at radius 2 is 2.29 bits per heavy atom. The summed E-state index contributed by atoms with van der Waals surface area (Å²) < 4.78 is 6.84. The second-order valence-electron chi connectivity index (χ2n) is 4.78. The summed E-state index contributed by atoms with van der Waals surface area (Å²) in [5.41, 5.74) is -1.15. The van der Waals surface area contributed by atoms with Gasteiger partial charge >= 0.3 is 5.97 Å². The predicted molar refractivity (Wildman–Crippen MR) is 57.5 cm³/mol. The van der Waals surface area contributed by atoms with Gasteiger partial charge in [-0.1, -0.05) is 0 Å². The summed E-state index contributed by atoms with van der Waals surface area (Å²) >= 11 is 0. The average molecular weight is 240 g/mol. The van der Waals surface area contributed by atoms with Gasteiger partial charge in [0.1, 0.15) is 0 Å². The SMILES string of the molecule is CC1OCCC1c1nnnn1C(C)(C)C(=O)O. The Balaban J connectivity index is 2.38. The van der Waals surface area contributed by atoms with Crippen LogP contribution in [0.3, 0.4) is 0 Å². The molecule has 0 amide bonds. The third-order valence-electron chi connectivity index (χ3n) is 3.25. The largest absolute Gasteiger partial charge is 0.479 e. The van der Waals surface area contributed by atoms with Gasteiger partial charge in [-0.3, -0.25) is 0 Å². The van der Waals surface area contributed by atoms with Gasteiger partial charge in [0.15, 0.2) is 11.4 Å². The molecule has 1 aliphatic heterocycles. The zero-order valence-corrected chi connectivity index (χ0v) is 10.1. The molecule has 2 rings (SSSR count). The Kier molecular flexibility index (Phi) is 2.86. The number of ether oxygens (including phenoxy) is 1. The second kappa shape index (κ2) is 4.06. The van der Waals surface area contributed by atoms with Crippen molar-refractivity contribution >= 4 is 5.97 Å². The summed E-state index contributed by atoms with van der Waals surface area (Å²) in [6, 6.07) is 0. The minimum Gasteiger partial charge on any atom is -0.479 e. The highest BCUT2D eigenvalue weighted by Gasteiger charge is 2.38. The Morgan fingerprint density at radius 1 is 1.59 bits per heavy atom. The lowest BCUT2D eigenvalue weighted by Gasteiger charge is -2.23. The Morgan fingerprint density at radius 3 is 2.82 bits per heavy atom. The van der Waals surface area contributed by atoms with Gasteiger partial charge in [0.05, 0.1) is 6.10 Å². The van der Waals surface area contributed by atoms with Crippen molar-refractivity contribution in [3.8, 4) is 0 Å². The molecule has 1 aromatic rings. The number of tetrazole rings is 1. The number of hydrogen-bond donors (Lipinski definition) is 1. The lowest BCUT2D eigenvalue weighted by molar-refractivity contribution is -0.146. The fourth-order valence-corrected chi connectivity index (χ4v) is 1.98. The van der Waals surface area contributed by atoms with Crippen LogP contribution in [0.4, 0.5) is 0 Å². The van der Waals surface area contributed by atoms with Crippen molar-refractivity contribution in [2.24, 2.45) is 0 Å². The van der Waals surface area contributed by atoms with Gasteiger partial charge in [0.2, 0.25) is 0 Å². The van der Waals surface area contributed by atoms with Crippen LogP contribution in [0.2, 0.25) is 0 Å². The van der Waals surface area contributed by atoms with Crippen LogP contribution in [-0.4, -0.2) is 44.0 Å². The Hall–Kier alpha value is -1.50. The van der Waals surface area contributed by atoms with E-state index in [1.807, 2.05) is 6.92 Å². The van der Waals surface area contributed by atoms with Crippen LogP contribution >= 0.6 is 0 Å². The number of carboxylic acid groups (broad SMARTS) is 1. The van der Waals surface area contributed by atoms with E-state index < -0.39 is 11.5 Å². The molecule has 0 bridgehead atoms. The number of carbonyl (C=O) groups is 1. The highest BCUT2D eigenvalue weighted by Crippen LogP contribution is 2.31. The molecule has 0 aromatic carbocycles. The molecule has 2 unspecified atom stereocenters. The molecule has 7 nitrogen and oxygen atoms in total. The topological polar surface area (TPSA) is 90.1 Å². The summed E-state index contributed by atoms with van der Waals surface area (Å²) in [6.07, 6.45) is 0.835. The molecule has 94 valence electrons. The molecule has 2 atom stereocenters. The molecule has 0 aliphatic carbocycles. The maximum absolute atomic E-state index is 11.2. The van der Waals surface area contributed by atoms with Crippen LogP contribution in [0.15, 0.2) is 0 Å². The van der Waals surface area contributed by atoms with Crippen LogP contribution < -0.4 is 0 Å². The highest BCUT2D eigenvalue weighted by atomic mass is 16.5. The van der Waals surface area contributed by atoms with E-state index in [4.69, 9.17) is 4.74 Å². The third kappa shape index (κ3) is 1.90. The second-order valence-corrected chi connectivity index (χ2v) is 4.78. The van der Waals surface area contributed by atoms with Crippen molar-refractivity contribution in [3.05, 3.63) is 5.82 Å². The van der Waals surface area contributed by atoms with Crippen molar-refractivity contribution in [1.29, 1.82) is 0 Å². The lowest BCUT2D eigenvalue weighted by atomic mass is 9.99. The van der Waals surface area contributed by atoms with Gasteiger partial charge in [-0.05, 0) is 37.6 Å². The standard InChI is InChI=1S/C10H16N4O3/c1-6-7(4-5-17-6)8-11-12-13-14(8)10(2,3)9(15)16/h6-7H,4-5H2,1-3H3,(H,15,16). The first-order valence-corrected chi connectivity index (χ1v) is 5.58. The van der Waals surface area contributed by atoms with Gasteiger partial charge in [0, 0.05) is 12.5 Å². The third-order valence-corrected chi connectivity index (χ3v) is 3.25. The summed E-state index contributed by atoms with van der Waals surface area (Å²) in [4.78, 5) is 11.2. The van der Waals surface area contributed by atoms with Gasteiger partial charge < -0.3 is 9.84 Å². The van der Waals surface area contributed by atoms with E-state index in [9.17, 15) is 9.90 Å². The summed E-state index contributed by atoms with van der Waals surface area (Å²) in [5, 5.41) is 20.6. The maximum Gasteiger partial charge on any atom is 0.331 e. The van der Waals surface area contributed by atoms with Crippen molar-refractivity contribution < 1.29 is 14.6 Å². The van der Waals surface area contributed by atoms with E-state index in [0.29, 0.717) is 12.4 Å². The quantitative estimate of drug-likeness (QED) is 0.821. The van der Waals surface area contributed by atoms with Crippen LogP contribution in [0.25, 0.3) is 0 Å². The fourth-order valence-electron chi connectivity index (χ4n) is 1.98. The van der Waals surface area contributed by atoms with E-state index in [-0.39, 0.29) is 12.0 Å². The summed E-state index contributed by atoms with van der Waals surface area (Å²) in [6.45, 7) is 5.77. The first-order valence-electron chi connectivity index (χ1n) is 5.58. The van der Waals surface area contributed by atoms with Crippen LogP contribution in [0, 0.1) is 0 Å². The molecule has 0 saturated carbocycles. The van der Waals surface area contributed by atoms with Crippen molar-refractivity contribution in [3.63, 3.8) is 0 Å². The van der Waals surface area contributed by atoms with Gasteiger partial charge in [-0.2, -0.15) is 0 Å². The first-order chi connectivity index (χ1) is 7.94. The first kappa shape index (κ1) is 12.0. The van der Waals surface area contributed by atoms with Gasteiger partial charge in [0.25, 0.3) is 0 Å². The van der Waals surface area contributed by atoms with Crippen molar-refractivity contribution in [2.45, 2.75) is 44.8 Å². The monoisotopic (exact) mass is 240 g/mol. The average Bonchev–Trinajstić information content (AvgIpc) is 2.84. The summed E-state index contributed by atoms with van der Waals surface area (Å²) in [5.74, 6) is -0.316. The van der Waals surface area contributed by atoms with Crippen LogP contribution in [-0.2, 0) is 15.1 Å². The van der Waals surface area contributed by atoms with Crippen LogP contribution in [0.1, 0.15) is 38.9 Å². The zero-order chi connectivity index (χ0) is 12.6. The molecule has 1 aromatic heterocycles. The molecule has 1 fully saturated rings. The maximum atomic E-state index is 11.2. The molecular weight excluding hydrogens is 224 g/mol. The van der Waals surface area contributed by atoms with Crippen molar-refractivity contribution in [2.75, 3.05) is 6.61 Å². The minimum absolute atomic E-state index is 0.0179. The van der Waals surface area contributed by atoms with E-state index in [0.717, 1.165) is 6.42 Å². The number of carboxylic acids is 1. The number of aliphatic carboxylic acids is 1. The van der Waals surface area contributed by atoms with E-state index in [2.05, 4.69) is 15.5 Å². The normalized spacial score (nSPS) is 25.1. The highest BCUT2D eigenvalue weighted by molar-refractivity contribution is 5.75. The zero-order valence-electron chi connectivity index (χ0n) is 10.1. The lowest BCUT2D eigenvalue weighted by Crippen LogP contribution is -2.38. The minimum atomic E-state index is -1.15. The number of rotatable bonds is 3. The molecular formula is C10H16N4O3. The predicted octanol–water partition coefficient (Wildman–Crippen LogP) is 0.385. The molecule has 2 heterocycles. The Bertz CT molecular complexity index is 429. The van der Waals surface area contributed by atoms with Gasteiger partial charge in [-0.25, -0.2) is 9.48 Å². The van der Waals surface area contributed by atoms with E-state index >= 15 is 0 Å². The molecule has 17 heavy (non-hydrogen) atoms. The molecule has 1 saturated heterocycles. The van der Waals surface area contributed by atoms with Crippen molar-refractivity contribution in [1.82, 2.24) is 20.2 Å². The van der Waals surface area contributed by atoms with E-state index in [1.165, 1.54) is 4.68 Å². The number of hydrogen-bond acceptors (Lipinski definition) is 5. The number of aromatic nitrogens is 4. The van der Waals surface area contributed by atoms with Crippen LogP contribution in [0.5, 0.6) is 0 Å². The molecule has 0 spiro atoms. The van der Waals surface area contributed by atoms with E-state index in [1.54, 1.807) is 13.8 Å². The molecule has 7 heteroatoms. The smallest absolute Gasteiger partial charge is 0.331 e. The fraction of sp³-hybridized carbons (Fsp3) is 0.800.